The number of likely N-dealkylation sites (N-methyl/N-ethyl adjacent to an activating group) is 1. The largest absolute Gasteiger partial charge is 0.350 e. The van der Waals surface area contributed by atoms with Crippen molar-refractivity contribution in [3.8, 4) is 0 Å². The van der Waals surface area contributed by atoms with Crippen LogP contribution in [0.3, 0.4) is 0 Å². The van der Waals surface area contributed by atoms with Gasteiger partial charge in [-0.15, -0.1) is 0 Å². The molecule has 1 aliphatic heterocycles. The van der Waals surface area contributed by atoms with Crippen LogP contribution in [-0.2, 0) is 13.1 Å². The second kappa shape index (κ2) is 6.27. The van der Waals surface area contributed by atoms with Crippen LogP contribution in [0.1, 0.15) is 74.4 Å². The molecule has 0 aromatic carbocycles. The molecule has 1 amide bonds. The van der Waals surface area contributed by atoms with Crippen LogP contribution in [0, 0.1) is 5.41 Å². The molecule has 1 aromatic rings. The molecule has 23 heavy (non-hydrogen) atoms. The third kappa shape index (κ3) is 3.60. The number of nitrogens with one attached hydrogen (secondary N) is 1. The Kier molecular flexibility index (Phi) is 4.50. The molecule has 0 saturated heterocycles. The van der Waals surface area contributed by atoms with Crippen molar-refractivity contribution in [3.63, 3.8) is 0 Å². The average Bonchev–Trinajstić information content (AvgIpc) is 3.10. The van der Waals surface area contributed by atoms with E-state index in [9.17, 15) is 4.79 Å². The minimum atomic E-state index is -0.0109. The predicted octanol–water partition coefficient (Wildman–Crippen LogP) is 2.76. The highest BCUT2D eigenvalue weighted by molar-refractivity contribution is 5.93. The molecule has 0 atom stereocenters. The summed E-state index contributed by atoms with van der Waals surface area (Å²) in [7, 11) is 2.11. The molecular formula is C18H30N4O. The van der Waals surface area contributed by atoms with Gasteiger partial charge >= 0.3 is 0 Å². The highest BCUT2D eigenvalue weighted by Gasteiger charge is 2.31. The van der Waals surface area contributed by atoms with Gasteiger partial charge in [0.1, 0.15) is 5.82 Å². The van der Waals surface area contributed by atoms with Gasteiger partial charge in [0.05, 0.1) is 5.69 Å². The highest BCUT2D eigenvalue weighted by Crippen LogP contribution is 2.35. The number of imidazole rings is 1. The maximum absolute atomic E-state index is 12.7. The molecule has 1 fully saturated rings. The minimum Gasteiger partial charge on any atom is -0.350 e. The van der Waals surface area contributed by atoms with E-state index in [1.165, 1.54) is 25.7 Å². The lowest BCUT2D eigenvalue weighted by Crippen LogP contribution is -2.35. The molecule has 1 aromatic heterocycles. The first-order valence-electron chi connectivity index (χ1n) is 8.91. The summed E-state index contributed by atoms with van der Waals surface area (Å²) in [5, 5.41) is 3.07. The quantitative estimate of drug-likeness (QED) is 0.932. The Balaban J connectivity index is 1.88. The molecule has 1 aliphatic carbocycles. The molecular weight excluding hydrogens is 288 g/mol. The fourth-order valence-electron chi connectivity index (χ4n) is 3.63. The molecule has 128 valence electrons. The average molecular weight is 318 g/mol. The maximum atomic E-state index is 12.7. The van der Waals surface area contributed by atoms with E-state index in [0.717, 1.165) is 31.2 Å². The Morgan fingerprint density at radius 2 is 1.96 bits per heavy atom. The van der Waals surface area contributed by atoms with E-state index in [4.69, 9.17) is 4.98 Å². The maximum Gasteiger partial charge on any atom is 0.271 e. The zero-order valence-electron chi connectivity index (χ0n) is 15.0. The Hall–Kier alpha value is -1.36. The van der Waals surface area contributed by atoms with Crippen LogP contribution in [0.5, 0.6) is 0 Å². The van der Waals surface area contributed by atoms with Gasteiger partial charge in [-0.1, -0.05) is 33.6 Å². The van der Waals surface area contributed by atoms with Gasteiger partial charge in [0.2, 0.25) is 0 Å². The van der Waals surface area contributed by atoms with E-state index >= 15 is 0 Å². The van der Waals surface area contributed by atoms with E-state index in [1.54, 1.807) is 0 Å². The van der Waals surface area contributed by atoms with Crippen LogP contribution in [0.2, 0.25) is 0 Å². The van der Waals surface area contributed by atoms with Crippen LogP contribution >= 0.6 is 0 Å². The van der Waals surface area contributed by atoms with E-state index in [1.807, 2.05) is 0 Å². The number of aromatic nitrogens is 2. The van der Waals surface area contributed by atoms with Crippen molar-refractivity contribution in [2.24, 2.45) is 5.41 Å². The Morgan fingerprint density at radius 1 is 1.26 bits per heavy atom. The SMILES string of the molecule is CN1CCn2c(C3CCCC3)nc(C(=O)NCC(C)(C)C)c2C1. The van der Waals surface area contributed by atoms with Crippen molar-refractivity contribution in [2.45, 2.75) is 65.5 Å². The van der Waals surface area contributed by atoms with Gasteiger partial charge < -0.3 is 9.88 Å². The molecule has 1 N–H and O–H groups in total. The highest BCUT2D eigenvalue weighted by atomic mass is 16.1. The molecule has 2 aliphatic rings. The Morgan fingerprint density at radius 3 is 2.61 bits per heavy atom. The molecule has 0 bridgehead atoms. The van der Waals surface area contributed by atoms with Gasteiger partial charge in [-0.25, -0.2) is 4.98 Å². The fourth-order valence-corrected chi connectivity index (χ4v) is 3.63. The second-order valence-corrected chi connectivity index (χ2v) is 8.38. The van der Waals surface area contributed by atoms with Crippen molar-refractivity contribution < 1.29 is 4.79 Å². The molecule has 0 unspecified atom stereocenters. The minimum absolute atomic E-state index is 0.0109. The van der Waals surface area contributed by atoms with Gasteiger partial charge in [-0.05, 0) is 25.3 Å². The predicted molar refractivity (Wildman–Crippen MR) is 91.6 cm³/mol. The Labute approximate surface area is 139 Å². The van der Waals surface area contributed by atoms with Gasteiger partial charge in [0.25, 0.3) is 5.91 Å². The summed E-state index contributed by atoms with van der Waals surface area (Å²) in [6.45, 7) is 9.88. The zero-order chi connectivity index (χ0) is 16.6. The van der Waals surface area contributed by atoms with Crippen molar-refractivity contribution in [1.29, 1.82) is 0 Å². The van der Waals surface area contributed by atoms with Crippen molar-refractivity contribution >= 4 is 5.91 Å². The lowest BCUT2D eigenvalue weighted by Gasteiger charge is -2.26. The molecule has 0 spiro atoms. The summed E-state index contributed by atoms with van der Waals surface area (Å²) < 4.78 is 2.34. The molecule has 2 heterocycles. The molecule has 5 heteroatoms. The summed E-state index contributed by atoms with van der Waals surface area (Å²) in [4.78, 5) is 19.8. The van der Waals surface area contributed by atoms with Gasteiger partial charge in [-0.2, -0.15) is 0 Å². The normalized spacial score (nSPS) is 19.8. The Bertz CT molecular complexity index is 579. The van der Waals surface area contributed by atoms with Crippen molar-refractivity contribution in [3.05, 3.63) is 17.2 Å². The van der Waals surface area contributed by atoms with Crippen molar-refractivity contribution in [1.82, 2.24) is 19.8 Å². The first kappa shape index (κ1) is 16.5. The van der Waals surface area contributed by atoms with Gasteiger partial charge in [0.15, 0.2) is 5.69 Å². The standard InChI is InChI=1S/C18H30N4O/c1-18(2,3)12-19-17(23)15-14-11-21(4)9-10-22(14)16(20-15)13-7-5-6-8-13/h13H,5-12H2,1-4H3,(H,19,23). The summed E-state index contributed by atoms with van der Waals surface area (Å²) >= 11 is 0. The van der Waals surface area contributed by atoms with E-state index < -0.39 is 0 Å². The van der Waals surface area contributed by atoms with Crippen LogP contribution in [0.25, 0.3) is 0 Å². The summed E-state index contributed by atoms with van der Waals surface area (Å²) in [5.74, 6) is 1.69. The number of carbonyl (C=O) groups is 1. The summed E-state index contributed by atoms with van der Waals surface area (Å²) in [6, 6.07) is 0. The molecule has 1 saturated carbocycles. The fraction of sp³-hybridized carbons (Fsp3) is 0.778. The van der Waals surface area contributed by atoms with Crippen LogP contribution in [-0.4, -0.2) is 40.5 Å². The van der Waals surface area contributed by atoms with E-state index in [0.29, 0.717) is 18.2 Å². The third-order valence-electron chi connectivity index (χ3n) is 4.94. The van der Waals surface area contributed by atoms with Crippen molar-refractivity contribution in [2.75, 3.05) is 20.1 Å². The molecule has 5 nitrogen and oxygen atoms in total. The third-order valence-corrected chi connectivity index (χ3v) is 4.94. The number of hydrogen-bond donors (Lipinski definition) is 1. The van der Waals surface area contributed by atoms with Crippen LogP contribution in [0.15, 0.2) is 0 Å². The van der Waals surface area contributed by atoms with E-state index in [2.05, 4.69) is 42.6 Å². The number of hydrogen-bond acceptors (Lipinski definition) is 3. The molecule has 0 radical (unpaired) electrons. The lowest BCUT2D eigenvalue weighted by atomic mass is 9.97. The number of carbonyl (C=O) groups excluding carboxylic acids is 1. The summed E-state index contributed by atoms with van der Waals surface area (Å²) in [5.41, 5.74) is 1.84. The monoisotopic (exact) mass is 318 g/mol. The number of fused-ring (bicyclic) bond motifs is 1. The first-order valence-corrected chi connectivity index (χ1v) is 8.91. The first-order chi connectivity index (χ1) is 10.8. The van der Waals surface area contributed by atoms with Gasteiger partial charge in [0, 0.05) is 32.1 Å². The van der Waals surface area contributed by atoms with Crippen LogP contribution in [0.4, 0.5) is 0 Å². The molecule has 3 rings (SSSR count). The zero-order valence-corrected chi connectivity index (χ0v) is 15.0. The van der Waals surface area contributed by atoms with E-state index in [-0.39, 0.29) is 11.3 Å². The number of amides is 1. The number of rotatable bonds is 3. The number of nitrogens with zero attached hydrogens (tertiary/aromatic N) is 3. The lowest BCUT2D eigenvalue weighted by molar-refractivity contribution is 0.0931. The van der Waals surface area contributed by atoms with Crippen LogP contribution < -0.4 is 5.32 Å². The van der Waals surface area contributed by atoms with Gasteiger partial charge in [-0.3, -0.25) is 9.69 Å². The second-order valence-electron chi connectivity index (χ2n) is 8.38. The topological polar surface area (TPSA) is 50.2 Å². The summed E-state index contributed by atoms with van der Waals surface area (Å²) in [6.07, 6.45) is 5.02. The smallest absolute Gasteiger partial charge is 0.271 e.